The summed E-state index contributed by atoms with van der Waals surface area (Å²) in [7, 11) is 0. The van der Waals surface area contributed by atoms with E-state index in [0.717, 1.165) is 13.0 Å². The number of hydrogen-bond acceptors (Lipinski definition) is 5. The van der Waals surface area contributed by atoms with Gasteiger partial charge in [0.05, 0.1) is 6.54 Å². The zero-order chi connectivity index (χ0) is 12.7. The van der Waals surface area contributed by atoms with Crippen molar-refractivity contribution in [3.8, 4) is 0 Å². The maximum atomic E-state index is 12.8. The average Bonchev–Trinajstić information content (AvgIpc) is 2.35. The van der Waals surface area contributed by atoms with E-state index < -0.39 is 19.1 Å². The van der Waals surface area contributed by atoms with Crippen LogP contribution in [0, 0.1) is 0 Å². The molecule has 0 fully saturated rings. The zero-order valence-corrected chi connectivity index (χ0v) is 9.58. The number of alkyl halides is 2. The van der Waals surface area contributed by atoms with Gasteiger partial charge in [-0.3, -0.25) is 0 Å². The number of aromatic nitrogens is 2. The topological polar surface area (TPSA) is 70.1 Å². The van der Waals surface area contributed by atoms with Crippen LogP contribution in [-0.2, 0) is 0 Å². The standard InChI is InChI=1S/C10H16F2N4O/c1-2-3-13-8-4-9(16-7-15-8)14-5-10(11,12)6-17/h4,7,17H,2-3,5-6H2,1H3,(H2,13,14,15,16). The molecule has 0 aliphatic rings. The molecule has 3 N–H and O–H groups in total. The minimum absolute atomic E-state index is 0.298. The molecule has 0 amide bonds. The molecule has 0 saturated heterocycles. The van der Waals surface area contributed by atoms with Gasteiger partial charge in [0.25, 0.3) is 5.92 Å². The highest BCUT2D eigenvalue weighted by molar-refractivity contribution is 5.46. The normalized spacial score (nSPS) is 11.3. The maximum absolute atomic E-state index is 12.8. The van der Waals surface area contributed by atoms with Gasteiger partial charge in [-0.15, -0.1) is 0 Å². The van der Waals surface area contributed by atoms with Crippen LogP contribution in [0.5, 0.6) is 0 Å². The van der Waals surface area contributed by atoms with Gasteiger partial charge in [-0.2, -0.15) is 0 Å². The molecule has 0 atom stereocenters. The number of hydrogen-bond donors (Lipinski definition) is 3. The Labute approximate surface area is 98.3 Å². The lowest BCUT2D eigenvalue weighted by Gasteiger charge is -2.14. The van der Waals surface area contributed by atoms with Crippen molar-refractivity contribution in [3.05, 3.63) is 12.4 Å². The average molecular weight is 246 g/mol. The number of aliphatic hydroxyl groups excluding tert-OH is 1. The first-order valence-corrected chi connectivity index (χ1v) is 5.36. The van der Waals surface area contributed by atoms with Gasteiger partial charge in [0, 0.05) is 12.6 Å². The van der Waals surface area contributed by atoms with Crippen molar-refractivity contribution in [2.24, 2.45) is 0 Å². The van der Waals surface area contributed by atoms with Crippen LogP contribution in [0.15, 0.2) is 12.4 Å². The smallest absolute Gasteiger partial charge is 0.287 e. The Morgan fingerprint density at radius 1 is 1.29 bits per heavy atom. The van der Waals surface area contributed by atoms with Crippen LogP contribution in [0.3, 0.4) is 0 Å². The molecule has 0 saturated carbocycles. The molecular formula is C10H16F2N4O. The van der Waals surface area contributed by atoms with E-state index in [1.54, 1.807) is 6.07 Å². The number of aliphatic hydroxyl groups is 1. The summed E-state index contributed by atoms with van der Waals surface area (Å²) < 4.78 is 25.5. The Balaban J connectivity index is 2.53. The van der Waals surface area contributed by atoms with Crippen molar-refractivity contribution in [2.75, 3.05) is 30.3 Å². The third-order valence-corrected chi connectivity index (χ3v) is 1.98. The molecule has 0 aliphatic carbocycles. The minimum atomic E-state index is -3.15. The second kappa shape index (κ2) is 6.29. The summed E-state index contributed by atoms with van der Waals surface area (Å²) in [5.41, 5.74) is 0. The highest BCUT2D eigenvalue weighted by Gasteiger charge is 2.27. The molecule has 0 radical (unpaired) electrons. The van der Waals surface area contributed by atoms with Crippen molar-refractivity contribution in [3.63, 3.8) is 0 Å². The quantitative estimate of drug-likeness (QED) is 0.677. The number of anilines is 2. The molecule has 1 aromatic rings. The summed E-state index contributed by atoms with van der Waals surface area (Å²) in [6.45, 7) is 0.915. The van der Waals surface area contributed by atoms with E-state index in [4.69, 9.17) is 5.11 Å². The van der Waals surface area contributed by atoms with E-state index in [2.05, 4.69) is 20.6 Å². The fraction of sp³-hybridized carbons (Fsp3) is 0.600. The van der Waals surface area contributed by atoms with Gasteiger partial charge >= 0.3 is 0 Å². The van der Waals surface area contributed by atoms with Gasteiger partial charge in [0.15, 0.2) is 0 Å². The zero-order valence-electron chi connectivity index (χ0n) is 9.58. The van der Waals surface area contributed by atoms with E-state index in [0.29, 0.717) is 11.6 Å². The molecule has 0 spiro atoms. The van der Waals surface area contributed by atoms with Crippen molar-refractivity contribution >= 4 is 11.6 Å². The molecule has 7 heteroatoms. The Morgan fingerprint density at radius 3 is 2.53 bits per heavy atom. The first kappa shape index (κ1) is 13.6. The lowest BCUT2D eigenvalue weighted by atomic mass is 10.3. The summed E-state index contributed by atoms with van der Waals surface area (Å²) >= 11 is 0. The molecule has 5 nitrogen and oxygen atoms in total. The summed E-state index contributed by atoms with van der Waals surface area (Å²) in [5, 5.41) is 13.9. The third-order valence-electron chi connectivity index (χ3n) is 1.98. The Hall–Kier alpha value is -1.50. The van der Waals surface area contributed by atoms with Crippen LogP contribution in [0.25, 0.3) is 0 Å². The van der Waals surface area contributed by atoms with Crippen molar-refractivity contribution < 1.29 is 13.9 Å². The highest BCUT2D eigenvalue weighted by atomic mass is 19.3. The number of halogens is 2. The third kappa shape index (κ3) is 4.90. The molecule has 0 unspecified atom stereocenters. The second-order valence-electron chi connectivity index (χ2n) is 3.58. The monoisotopic (exact) mass is 246 g/mol. The lowest BCUT2D eigenvalue weighted by molar-refractivity contribution is -0.0373. The van der Waals surface area contributed by atoms with E-state index in [1.165, 1.54) is 6.33 Å². The maximum Gasteiger partial charge on any atom is 0.287 e. The first-order chi connectivity index (χ1) is 8.07. The fourth-order valence-electron chi connectivity index (χ4n) is 1.08. The van der Waals surface area contributed by atoms with Crippen molar-refractivity contribution in [1.82, 2.24) is 9.97 Å². The van der Waals surface area contributed by atoms with Gasteiger partial charge in [-0.25, -0.2) is 18.7 Å². The first-order valence-electron chi connectivity index (χ1n) is 5.36. The molecule has 1 heterocycles. The molecule has 1 aromatic heterocycles. The van der Waals surface area contributed by atoms with E-state index in [-0.39, 0.29) is 0 Å². The van der Waals surface area contributed by atoms with Crippen LogP contribution < -0.4 is 10.6 Å². The van der Waals surface area contributed by atoms with Crippen molar-refractivity contribution in [2.45, 2.75) is 19.3 Å². The summed E-state index contributed by atoms with van der Waals surface area (Å²) in [5.74, 6) is -2.27. The molecule has 0 bridgehead atoms. The Bertz CT molecular complexity index is 349. The summed E-state index contributed by atoms with van der Waals surface area (Å²) in [6.07, 6.45) is 2.23. The van der Waals surface area contributed by atoms with Crippen LogP contribution in [0.4, 0.5) is 20.4 Å². The van der Waals surface area contributed by atoms with E-state index >= 15 is 0 Å². The Kier molecular flexibility index (Phi) is 5.02. The van der Waals surface area contributed by atoms with E-state index in [9.17, 15) is 8.78 Å². The predicted octanol–water partition coefficient (Wildman–Crippen LogP) is 1.34. The largest absolute Gasteiger partial charge is 0.390 e. The Morgan fingerprint density at radius 2 is 1.94 bits per heavy atom. The molecule has 17 heavy (non-hydrogen) atoms. The summed E-state index contributed by atoms with van der Waals surface area (Å²) in [6, 6.07) is 1.54. The van der Waals surface area contributed by atoms with Crippen molar-refractivity contribution in [1.29, 1.82) is 0 Å². The van der Waals surface area contributed by atoms with Gasteiger partial charge in [0.1, 0.15) is 24.6 Å². The molecule has 0 aromatic carbocycles. The predicted molar refractivity (Wildman–Crippen MR) is 61.3 cm³/mol. The fourth-order valence-corrected chi connectivity index (χ4v) is 1.08. The number of rotatable bonds is 7. The van der Waals surface area contributed by atoms with Crippen LogP contribution in [-0.4, -0.2) is 40.7 Å². The van der Waals surface area contributed by atoms with E-state index in [1.807, 2.05) is 6.92 Å². The SMILES string of the molecule is CCCNc1cc(NCC(F)(F)CO)ncn1. The van der Waals surface area contributed by atoms with Gasteiger partial charge in [-0.1, -0.05) is 6.92 Å². The molecular weight excluding hydrogens is 230 g/mol. The second-order valence-corrected chi connectivity index (χ2v) is 3.58. The minimum Gasteiger partial charge on any atom is -0.390 e. The molecule has 0 aliphatic heterocycles. The summed E-state index contributed by atoms with van der Waals surface area (Å²) in [4.78, 5) is 7.75. The molecule has 96 valence electrons. The lowest BCUT2D eigenvalue weighted by Crippen LogP contribution is -2.31. The molecule has 1 rings (SSSR count). The number of nitrogens with zero attached hydrogens (tertiary/aromatic N) is 2. The van der Waals surface area contributed by atoms with Gasteiger partial charge in [-0.05, 0) is 6.42 Å². The highest BCUT2D eigenvalue weighted by Crippen LogP contribution is 2.14. The number of nitrogens with one attached hydrogen (secondary N) is 2. The van der Waals surface area contributed by atoms with Crippen LogP contribution in [0.2, 0.25) is 0 Å². The van der Waals surface area contributed by atoms with Gasteiger partial charge in [0.2, 0.25) is 0 Å². The van der Waals surface area contributed by atoms with Crippen LogP contribution in [0.1, 0.15) is 13.3 Å². The van der Waals surface area contributed by atoms with Crippen LogP contribution >= 0.6 is 0 Å². The van der Waals surface area contributed by atoms with Gasteiger partial charge < -0.3 is 15.7 Å².